The summed E-state index contributed by atoms with van der Waals surface area (Å²) < 4.78 is 58.8. The molecule has 1 aromatic carbocycles. The molecule has 0 saturated carbocycles. The van der Waals surface area contributed by atoms with Crippen LogP contribution in [0.2, 0.25) is 0 Å². The number of fused-ring (bicyclic) bond motifs is 2. The van der Waals surface area contributed by atoms with Crippen LogP contribution in [0.15, 0.2) is 23.2 Å². The summed E-state index contributed by atoms with van der Waals surface area (Å²) in [5, 5.41) is 1.09. The highest BCUT2D eigenvalue weighted by atomic mass is 32.2. The number of carbonyl (C=O) groups is 2. The quantitative estimate of drug-likeness (QED) is 0.725. The van der Waals surface area contributed by atoms with E-state index in [1.54, 1.807) is 20.8 Å². The van der Waals surface area contributed by atoms with Crippen LogP contribution in [0.25, 0.3) is 0 Å². The zero-order valence-corrected chi connectivity index (χ0v) is 18.0. The average molecular weight is 442 g/mol. The zero-order valence-electron chi connectivity index (χ0n) is 17.2. The molecule has 0 radical (unpaired) electrons. The number of hydrogen-bond acceptors (Lipinski definition) is 6. The minimum Gasteiger partial charge on any atom is -0.444 e. The third kappa shape index (κ3) is 3.30. The molecule has 10 heteroatoms. The number of halogens is 2. The van der Waals surface area contributed by atoms with Gasteiger partial charge in [0.1, 0.15) is 35.8 Å². The molecule has 2 aliphatic rings. The highest BCUT2D eigenvalue weighted by Gasteiger charge is 2.66. The van der Waals surface area contributed by atoms with E-state index in [0.717, 1.165) is 6.07 Å². The summed E-state index contributed by atoms with van der Waals surface area (Å²) in [6, 6.07) is 3.54. The molecule has 2 heterocycles. The van der Waals surface area contributed by atoms with Crippen molar-refractivity contribution in [3.63, 3.8) is 0 Å². The van der Waals surface area contributed by atoms with Crippen molar-refractivity contribution in [1.82, 2.24) is 5.32 Å². The van der Waals surface area contributed by atoms with Crippen molar-refractivity contribution in [3.05, 3.63) is 35.1 Å². The molecule has 2 aliphatic heterocycles. The number of nitrogens with one attached hydrogen (secondary N) is 1. The van der Waals surface area contributed by atoms with Crippen LogP contribution in [0.3, 0.4) is 0 Å². The second kappa shape index (κ2) is 7.11. The van der Waals surface area contributed by atoms with Crippen molar-refractivity contribution in [2.45, 2.75) is 61.7 Å². The molecule has 7 nitrogen and oxygen atoms in total. The largest absolute Gasteiger partial charge is 0.444 e. The number of aldehydes is 1. The van der Waals surface area contributed by atoms with Crippen molar-refractivity contribution in [3.8, 4) is 0 Å². The lowest BCUT2D eigenvalue weighted by Crippen LogP contribution is -2.61. The molecule has 0 aromatic heterocycles. The number of rotatable bonds is 3. The summed E-state index contributed by atoms with van der Waals surface area (Å²) in [6.07, 6.45) is -0.570. The predicted molar refractivity (Wildman–Crippen MR) is 107 cm³/mol. The Morgan fingerprint density at radius 2 is 2.07 bits per heavy atom. The predicted octanol–water partition coefficient (Wildman–Crippen LogP) is 3.08. The van der Waals surface area contributed by atoms with Crippen LogP contribution in [-0.4, -0.2) is 48.9 Å². The van der Waals surface area contributed by atoms with Gasteiger partial charge in [0.2, 0.25) is 0 Å². The summed E-state index contributed by atoms with van der Waals surface area (Å²) >= 11 is 0. The van der Waals surface area contributed by atoms with Gasteiger partial charge in [-0.05, 0) is 58.7 Å². The van der Waals surface area contributed by atoms with Crippen molar-refractivity contribution >= 4 is 28.1 Å². The molecule has 0 unspecified atom stereocenters. The third-order valence-corrected chi connectivity index (χ3v) is 8.68. The molecule has 30 heavy (non-hydrogen) atoms. The summed E-state index contributed by atoms with van der Waals surface area (Å²) in [6.45, 7) is 4.98. The normalized spacial score (nSPS) is 29.8. The van der Waals surface area contributed by atoms with E-state index in [4.69, 9.17) is 4.74 Å². The SMILES string of the molecule is CC(C)(C)OC(=O)NC1=N[C@](C)(c2cc(C=O)ccc2F)[C@@H]2CC[C@@]1(CF)S2(=O)=O. The fourth-order valence-electron chi connectivity index (χ4n) is 4.16. The average Bonchev–Trinajstić information content (AvgIpc) is 2.82. The number of sulfone groups is 1. The van der Waals surface area contributed by atoms with Crippen molar-refractivity contribution in [2.75, 3.05) is 6.67 Å². The van der Waals surface area contributed by atoms with Crippen LogP contribution in [-0.2, 0) is 20.1 Å². The number of alkyl halides is 1. The molecule has 1 aromatic rings. The molecule has 1 saturated heterocycles. The first kappa shape index (κ1) is 22.3. The number of hydrogen-bond donors (Lipinski definition) is 1. The van der Waals surface area contributed by atoms with E-state index in [1.807, 2.05) is 0 Å². The van der Waals surface area contributed by atoms with Crippen molar-refractivity contribution in [1.29, 1.82) is 0 Å². The Kier molecular flexibility index (Phi) is 5.29. The smallest absolute Gasteiger partial charge is 0.413 e. The molecular weight excluding hydrogens is 418 g/mol. The minimum absolute atomic E-state index is 0.0243. The van der Waals surface area contributed by atoms with Gasteiger partial charge in [-0.3, -0.25) is 15.1 Å². The second-order valence-corrected chi connectivity index (χ2v) is 11.2. The number of amidine groups is 1. The molecular formula is C20H24F2N2O5S. The standard InChI is InChI=1S/C20H24F2N2O5S/c1-18(2,3)29-17(26)23-16-20(11-21)8-7-15(30(20,27)28)19(4,24-16)13-9-12(10-25)5-6-14(13)22/h5-6,9-10,15H,7-8,11H2,1-4H3,(H,23,24,26)/t15-,19+,20-/m0/s1. The van der Waals surface area contributed by atoms with E-state index in [9.17, 15) is 26.8 Å². The second-order valence-electron chi connectivity index (χ2n) is 8.79. The molecule has 3 atom stereocenters. The lowest BCUT2D eigenvalue weighted by molar-refractivity contribution is 0.0560. The first-order valence-electron chi connectivity index (χ1n) is 9.46. The lowest BCUT2D eigenvalue weighted by atomic mass is 9.86. The van der Waals surface area contributed by atoms with E-state index in [-0.39, 0.29) is 24.0 Å². The Bertz CT molecular complexity index is 1030. The first-order valence-corrected chi connectivity index (χ1v) is 11.0. The first-order chi connectivity index (χ1) is 13.8. The number of nitrogens with zero attached hydrogens (tertiary/aromatic N) is 1. The van der Waals surface area contributed by atoms with E-state index >= 15 is 0 Å². The van der Waals surface area contributed by atoms with Gasteiger partial charge in [0.15, 0.2) is 14.6 Å². The van der Waals surface area contributed by atoms with Gasteiger partial charge in [0.05, 0.1) is 5.25 Å². The maximum Gasteiger partial charge on any atom is 0.413 e. The number of amides is 1. The van der Waals surface area contributed by atoms with Gasteiger partial charge < -0.3 is 4.74 Å². The lowest BCUT2D eigenvalue weighted by Gasteiger charge is -2.40. The molecule has 0 spiro atoms. The highest BCUT2D eigenvalue weighted by Crippen LogP contribution is 2.52. The fraction of sp³-hybridized carbons (Fsp3) is 0.550. The Balaban J connectivity index is 2.20. The summed E-state index contributed by atoms with van der Waals surface area (Å²) in [7, 11) is -4.20. The van der Waals surface area contributed by atoms with Crippen LogP contribution in [0, 0.1) is 5.82 Å². The Morgan fingerprint density at radius 1 is 1.40 bits per heavy atom. The van der Waals surface area contributed by atoms with Crippen molar-refractivity contribution < 1.29 is 31.5 Å². The Morgan fingerprint density at radius 3 is 2.63 bits per heavy atom. The number of ether oxygens (including phenoxy) is 1. The van der Waals surface area contributed by atoms with Crippen LogP contribution in [0.1, 0.15) is 56.5 Å². The number of alkyl carbamates (subject to hydrolysis) is 1. The molecule has 1 N–H and O–H groups in total. The Hall–Kier alpha value is -2.36. The van der Waals surface area contributed by atoms with Gasteiger partial charge >= 0.3 is 6.09 Å². The van der Waals surface area contributed by atoms with E-state index in [2.05, 4.69) is 10.3 Å². The maximum atomic E-state index is 14.7. The fourth-order valence-corrected chi connectivity index (χ4v) is 6.84. The van der Waals surface area contributed by atoms with Gasteiger partial charge in [-0.1, -0.05) is 0 Å². The van der Waals surface area contributed by atoms with Gasteiger partial charge in [-0.2, -0.15) is 0 Å². The number of carbonyl (C=O) groups excluding carboxylic acids is 2. The van der Waals surface area contributed by atoms with Crippen LogP contribution in [0.4, 0.5) is 13.6 Å². The van der Waals surface area contributed by atoms with Crippen LogP contribution < -0.4 is 5.32 Å². The number of aliphatic imine (C=N–C) groups is 1. The van der Waals surface area contributed by atoms with Gasteiger partial charge in [-0.25, -0.2) is 22.0 Å². The molecule has 1 amide bonds. The molecule has 1 fully saturated rings. The summed E-state index contributed by atoms with van der Waals surface area (Å²) in [5.41, 5.74) is -2.52. The van der Waals surface area contributed by atoms with Gasteiger partial charge in [0.25, 0.3) is 0 Å². The third-order valence-electron chi connectivity index (χ3n) is 5.64. The highest BCUT2D eigenvalue weighted by molar-refractivity contribution is 7.94. The minimum atomic E-state index is -4.20. The van der Waals surface area contributed by atoms with E-state index < -0.39 is 55.4 Å². The summed E-state index contributed by atoms with van der Waals surface area (Å²) in [4.78, 5) is 27.9. The monoisotopic (exact) mass is 442 g/mol. The molecule has 164 valence electrons. The molecule has 3 rings (SSSR count). The topological polar surface area (TPSA) is 102 Å². The Labute approximate surface area is 173 Å². The van der Waals surface area contributed by atoms with E-state index in [0.29, 0.717) is 6.29 Å². The summed E-state index contributed by atoms with van der Waals surface area (Å²) in [5.74, 6) is -1.16. The molecule has 2 bridgehead atoms. The number of benzene rings is 1. The van der Waals surface area contributed by atoms with Gasteiger partial charge in [0, 0.05) is 11.1 Å². The molecule has 0 aliphatic carbocycles. The maximum absolute atomic E-state index is 14.7. The zero-order chi connectivity index (χ0) is 22.5. The van der Waals surface area contributed by atoms with Crippen molar-refractivity contribution in [2.24, 2.45) is 4.99 Å². The van der Waals surface area contributed by atoms with Gasteiger partial charge in [-0.15, -0.1) is 0 Å². The van der Waals surface area contributed by atoms with E-state index in [1.165, 1.54) is 19.1 Å². The van der Waals surface area contributed by atoms with Crippen LogP contribution in [0.5, 0.6) is 0 Å². The van der Waals surface area contributed by atoms with Crippen LogP contribution >= 0.6 is 0 Å².